The van der Waals surface area contributed by atoms with Gasteiger partial charge >= 0.3 is 5.97 Å². The van der Waals surface area contributed by atoms with Gasteiger partial charge in [0.1, 0.15) is 12.6 Å². The molecule has 0 bridgehead atoms. The van der Waals surface area contributed by atoms with Gasteiger partial charge in [-0.25, -0.2) is 0 Å². The molecule has 0 aromatic carbocycles. The van der Waals surface area contributed by atoms with Crippen molar-refractivity contribution in [1.29, 1.82) is 0 Å². The van der Waals surface area contributed by atoms with Crippen molar-refractivity contribution in [3.05, 3.63) is 0 Å². The molecule has 80 valence electrons. The number of carbonyl (C=O) groups excluding carboxylic acids is 1. The Morgan fingerprint density at radius 3 is 2.93 bits per heavy atom. The van der Waals surface area contributed by atoms with E-state index in [1.54, 1.807) is 6.21 Å². The summed E-state index contributed by atoms with van der Waals surface area (Å²) in [6, 6.07) is 0. The van der Waals surface area contributed by atoms with Gasteiger partial charge < -0.3 is 14.2 Å². The molecule has 0 aliphatic carbocycles. The van der Waals surface area contributed by atoms with Gasteiger partial charge in [0.15, 0.2) is 5.79 Å². The first-order chi connectivity index (χ1) is 6.53. The monoisotopic (exact) mass is 201 g/mol. The summed E-state index contributed by atoms with van der Waals surface area (Å²) in [6.45, 7) is 4.16. The molecule has 5 nitrogen and oxygen atoms in total. The number of hydrogen-bond acceptors (Lipinski definition) is 5. The minimum absolute atomic E-state index is 0.0246. The first-order valence-electron chi connectivity index (χ1n) is 4.42. The minimum Gasteiger partial charge on any atom is -0.468 e. The van der Waals surface area contributed by atoms with E-state index in [2.05, 4.69) is 9.73 Å². The smallest absolute Gasteiger partial charge is 0.327 e. The van der Waals surface area contributed by atoms with Gasteiger partial charge in [-0.3, -0.25) is 9.79 Å². The lowest BCUT2D eigenvalue weighted by Gasteiger charge is -2.15. The second kappa shape index (κ2) is 4.52. The van der Waals surface area contributed by atoms with Crippen LogP contribution in [0.15, 0.2) is 4.99 Å². The Morgan fingerprint density at radius 2 is 2.43 bits per heavy atom. The third-order valence-electron chi connectivity index (χ3n) is 1.75. The van der Waals surface area contributed by atoms with Crippen molar-refractivity contribution in [3.63, 3.8) is 0 Å². The first-order valence-corrected chi connectivity index (χ1v) is 4.42. The largest absolute Gasteiger partial charge is 0.468 e. The van der Waals surface area contributed by atoms with E-state index in [9.17, 15) is 4.79 Å². The highest BCUT2D eigenvalue weighted by Gasteiger charge is 2.31. The number of ether oxygens (including phenoxy) is 3. The van der Waals surface area contributed by atoms with Crippen LogP contribution in [0.1, 0.15) is 13.8 Å². The SMILES string of the molecule is COC(=O)CN=C[C@H]1COC(C)(C)O1. The molecule has 14 heavy (non-hydrogen) atoms. The maximum atomic E-state index is 10.7. The van der Waals surface area contributed by atoms with E-state index >= 15 is 0 Å². The second-order valence-electron chi connectivity index (χ2n) is 3.43. The second-order valence-corrected chi connectivity index (χ2v) is 3.43. The quantitative estimate of drug-likeness (QED) is 0.489. The molecule has 0 aromatic heterocycles. The van der Waals surface area contributed by atoms with Gasteiger partial charge in [-0.2, -0.15) is 0 Å². The predicted molar refractivity (Wildman–Crippen MR) is 50.3 cm³/mol. The van der Waals surface area contributed by atoms with Crippen LogP contribution in [0.5, 0.6) is 0 Å². The maximum Gasteiger partial charge on any atom is 0.327 e. The summed E-state index contributed by atoms with van der Waals surface area (Å²) in [4.78, 5) is 14.6. The van der Waals surface area contributed by atoms with Crippen molar-refractivity contribution in [1.82, 2.24) is 0 Å². The summed E-state index contributed by atoms with van der Waals surface area (Å²) in [5, 5.41) is 0. The molecular weight excluding hydrogens is 186 g/mol. The molecule has 0 unspecified atom stereocenters. The number of aliphatic imine (C=N–C) groups is 1. The Kier molecular flexibility index (Phi) is 3.60. The zero-order chi connectivity index (χ0) is 10.6. The van der Waals surface area contributed by atoms with Crippen LogP contribution in [0.4, 0.5) is 0 Å². The summed E-state index contributed by atoms with van der Waals surface area (Å²) in [7, 11) is 1.33. The van der Waals surface area contributed by atoms with Gasteiger partial charge in [0.2, 0.25) is 0 Å². The van der Waals surface area contributed by atoms with Crippen LogP contribution < -0.4 is 0 Å². The number of hydrogen-bond donors (Lipinski definition) is 0. The van der Waals surface area contributed by atoms with E-state index in [-0.39, 0.29) is 18.6 Å². The lowest BCUT2D eigenvalue weighted by Crippen LogP contribution is -2.22. The lowest BCUT2D eigenvalue weighted by atomic mass is 10.4. The van der Waals surface area contributed by atoms with Gasteiger partial charge in [-0.05, 0) is 13.8 Å². The van der Waals surface area contributed by atoms with E-state index in [4.69, 9.17) is 9.47 Å². The molecule has 0 amide bonds. The molecule has 1 aliphatic heterocycles. The molecule has 1 fully saturated rings. The fourth-order valence-electron chi connectivity index (χ4n) is 1.10. The number of nitrogens with zero attached hydrogens (tertiary/aromatic N) is 1. The topological polar surface area (TPSA) is 57.1 Å². The Hall–Kier alpha value is -0.940. The highest BCUT2D eigenvalue weighted by Crippen LogP contribution is 2.20. The van der Waals surface area contributed by atoms with Crippen LogP contribution in [-0.4, -0.2) is 44.3 Å². The average molecular weight is 201 g/mol. The first kappa shape index (κ1) is 11.1. The number of esters is 1. The minimum atomic E-state index is -0.554. The van der Waals surface area contributed by atoms with Crippen LogP contribution in [0.2, 0.25) is 0 Å². The zero-order valence-corrected chi connectivity index (χ0v) is 8.65. The van der Waals surface area contributed by atoms with Crippen LogP contribution in [0.25, 0.3) is 0 Å². The lowest BCUT2D eigenvalue weighted by molar-refractivity contribution is -0.138. The molecule has 5 heteroatoms. The maximum absolute atomic E-state index is 10.7. The number of rotatable bonds is 3. The molecule has 0 saturated carbocycles. The molecule has 0 aromatic rings. The number of methoxy groups -OCH3 is 1. The molecule has 1 heterocycles. The Labute approximate surface area is 83.1 Å². The van der Waals surface area contributed by atoms with Crippen molar-refractivity contribution in [3.8, 4) is 0 Å². The molecule has 0 radical (unpaired) electrons. The zero-order valence-electron chi connectivity index (χ0n) is 8.65. The predicted octanol–water partition coefficient (Wildman–Crippen LogP) is 0.382. The summed E-state index contributed by atoms with van der Waals surface area (Å²) < 4.78 is 15.2. The normalized spacial score (nSPS) is 25.5. The van der Waals surface area contributed by atoms with Gasteiger partial charge in [-0.1, -0.05) is 0 Å². The molecule has 1 aliphatic rings. The van der Waals surface area contributed by atoms with Crippen molar-refractivity contribution >= 4 is 12.2 Å². The van der Waals surface area contributed by atoms with E-state index < -0.39 is 5.79 Å². The van der Waals surface area contributed by atoms with Gasteiger partial charge in [0.25, 0.3) is 0 Å². The molecule has 0 N–H and O–H groups in total. The summed E-state index contributed by atoms with van der Waals surface area (Å²) in [6.07, 6.45) is 1.40. The van der Waals surface area contributed by atoms with E-state index in [1.165, 1.54) is 7.11 Å². The Morgan fingerprint density at radius 1 is 1.71 bits per heavy atom. The van der Waals surface area contributed by atoms with Gasteiger partial charge in [0, 0.05) is 6.21 Å². The summed E-state index contributed by atoms with van der Waals surface area (Å²) in [5.74, 6) is -0.915. The average Bonchev–Trinajstić information content (AvgIpc) is 2.45. The molecule has 1 rings (SSSR count). The van der Waals surface area contributed by atoms with Crippen LogP contribution in [0.3, 0.4) is 0 Å². The number of carbonyl (C=O) groups is 1. The van der Waals surface area contributed by atoms with Crippen molar-refractivity contribution in [2.75, 3.05) is 20.3 Å². The Bertz CT molecular complexity index is 237. The van der Waals surface area contributed by atoms with Crippen LogP contribution in [0, 0.1) is 0 Å². The molecule has 1 atom stereocenters. The summed E-state index contributed by atoms with van der Waals surface area (Å²) in [5.41, 5.74) is 0. The fraction of sp³-hybridized carbons (Fsp3) is 0.778. The fourth-order valence-corrected chi connectivity index (χ4v) is 1.10. The van der Waals surface area contributed by atoms with Crippen molar-refractivity contribution in [2.24, 2.45) is 4.99 Å². The highest BCUT2D eigenvalue weighted by atomic mass is 16.7. The molecule has 0 spiro atoms. The van der Waals surface area contributed by atoms with E-state index in [0.29, 0.717) is 6.61 Å². The van der Waals surface area contributed by atoms with Gasteiger partial charge in [0.05, 0.1) is 13.7 Å². The Balaban J connectivity index is 2.29. The molecule has 1 saturated heterocycles. The molecular formula is C9H15NO4. The van der Waals surface area contributed by atoms with Crippen molar-refractivity contribution in [2.45, 2.75) is 25.7 Å². The van der Waals surface area contributed by atoms with Gasteiger partial charge in [-0.15, -0.1) is 0 Å². The highest BCUT2D eigenvalue weighted by molar-refractivity contribution is 5.74. The van der Waals surface area contributed by atoms with Crippen LogP contribution in [-0.2, 0) is 19.0 Å². The summed E-state index contributed by atoms with van der Waals surface area (Å²) >= 11 is 0. The third-order valence-corrected chi connectivity index (χ3v) is 1.75. The van der Waals surface area contributed by atoms with Crippen molar-refractivity contribution < 1.29 is 19.0 Å². The standard InChI is InChI=1S/C9H15NO4/c1-9(2)13-6-7(14-9)4-10-5-8(11)12-3/h4,7H,5-6H2,1-3H3/t7-/m0/s1. The van der Waals surface area contributed by atoms with Crippen LogP contribution >= 0.6 is 0 Å². The van der Waals surface area contributed by atoms with E-state index in [1.807, 2.05) is 13.8 Å². The van der Waals surface area contributed by atoms with E-state index in [0.717, 1.165) is 0 Å². The third kappa shape index (κ3) is 3.43.